The first-order valence-electron chi connectivity index (χ1n) is 10.9. The molecule has 0 fully saturated rings. The molecular weight excluding hydrogens is 448 g/mol. The minimum Gasteiger partial charge on any atom is -0.398 e. The van der Waals surface area contributed by atoms with Crippen LogP contribution in [0.4, 0.5) is 23.0 Å². The molecule has 8 nitrogen and oxygen atoms in total. The Morgan fingerprint density at radius 3 is 2.44 bits per heavy atom. The molecule has 0 radical (unpaired) electrons. The summed E-state index contributed by atoms with van der Waals surface area (Å²) in [5, 5.41) is 14.7. The van der Waals surface area contributed by atoms with E-state index in [-0.39, 0.29) is 16.5 Å². The van der Waals surface area contributed by atoms with Crippen LogP contribution in [0.1, 0.15) is 32.8 Å². The Morgan fingerprint density at radius 1 is 1.18 bits per heavy atom. The summed E-state index contributed by atoms with van der Waals surface area (Å²) < 4.78 is 3.24. The van der Waals surface area contributed by atoms with Gasteiger partial charge >= 0.3 is 0 Å². The Hall–Kier alpha value is -3.85. The molecule has 176 valence electrons. The molecule has 1 heterocycles. The van der Waals surface area contributed by atoms with Gasteiger partial charge in [-0.2, -0.15) is 0 Å². The predicted octanol–water partition coefficient (Wildman–Crippen LogP) is 6.77. The van der Waals surface area contributed by atoms with Crippen molar-refractivity contribution in [3.05, 3.63) is 87.5 Å². The first-order valence-corrected chi connectivity index (χ1v) is 11.7. The number of nitro groups is 1. The molecule has 0 aliphatic carbocycles. The van der Waals surface area contributed by atoms with Gasteiger partial charge in [0, 0.05) is 34.3 Å². The number of nitrogens with two attached hydrogens (primary N) is 1. The van der Waals surface area contributed by atoms with Crippen molar-refractivity contribution in [1.29, 1.82) is 0 Å². The zero-order valence-corrected chi connectivity index (χ0v) is 20.2. The second-order valence-electron chi connectivity index (χ2n) is 7.81. The molecule has 4 N–H and O–H groups in total. The maximum Gasteiger partial charge on any atom is 0.247 e. The van der Waals surface area contributed by atoms with Gasteiger partial charge in [0.2, 0.25) is 5.70 Å². The van der Waals surface area contributed by atoms with Gasteiger partial charge < -0.3 is 15.8 Å². The van der Waals surface area contributed by atoms with Gasteiger partial charge in [0.25, 0.3) is 0 Å². The molecule has 0 unspecified atom stereocenters. The van der Waals surface area contributed by atoms with Crippen molar-refractivity contribution in [3.63, 3.8) is 0 Å². The zero-order chi connectivity index (χ0) is 24.7. The fourth-order valence-corrected chi connectivity index (χ4v) is 4.09. The van der Waals surface area contributed by atoms with E-state index in [1.165, 1.54) is 11.9 Å². The van der Waals surface area contributed by atoms with E-state index in [0.29, 0.717) is 23.7 Å². The highest BCUT2D eigenvalue weighted by Gasteiger charge is 2.14. The van der Waals surface area contributed by atoms with E-state index in [2.05, 4.69) is 16.6 Å². The highest BCUT2D eigenvalue weighted by atomic mass is 32.2. The van der Waals surface area contributed by atoms with Gasteiger partial charge in [0.05, 0.1) is 16.0 Å². The third-order valence-electron chi connectivity index (χ3n) is 4.84. The van der Waals surface area contributed by atoms with E-state index in [9.17, 15) is 10.1 Å². The van der Waals surface area contributed by atoms with Gasteiger partial charge in [-0.05, 0) is 42.1 Å². The number of hydrogen-bond acceptors (Lipinski definition) is 8. The molecule has 3 aromatic rings. The molecule has 0 amide bonds. The van der Waals surface area contributed by atoms with Crippen LogP contribution in [0.5, 0.6) is 0 Å². The fourth-order valence-electron chi connectivity index (χ4n) is 3.20. The first-order chi connectivity index (χ1) is 16.3. The molecule has 0 spiro atoms. The van der Waals surface area contributed by atoms with E-state index in [1.54, 1.807) is 25.1 Å². The standard InChI is InChI=1S/C25H28N6O2S/c1-5-17(31(32)33)15-18(14-16(3)4)34-30-25-24(28-22-11-7-8-12-23(22)29-25)27-21-13-9-10-20(26)19(21)6-2/h6-16H,2,5,26H2,1,3-4H3,(H,27,28)(H,29,30)/b17-15+,18-14+. The lowest BCUT2D eigenvalue weighted by Crippen LogP contribution is -2.04. The van der Waals surface area contributed by atoms with Gasteiger partial charge in [0.15, 0.2) is 11.6 Å². The van der Waals surface area contributed by atoms with Crippen LogP contribution in [0, 0.1) is 16.0 Å². The average Bonchev–Trinajstić information content (AvgIpc) is 2.80. The summed E-state index contributed by atoms with van der Waals surface area (Å²) in [7, 11) is 0. The molecule has 0 bridgehead atoms. The summed E-state index contributed by atoms with van der Waals surface area (Å²) in [4.78, 5) is 21.2. The zero-order valence-electron chi connectivity index (χ0n) is 19.4. The normalized spacial score (nSPS) is 12.1. The predicted molar refractivity (Wildman–Crippen MR) is 143 cm³/mol. The van der Waals surface area contributed by atoms with Crippen LogP contribution in [0.2, 0.25) is 0 Å². The SMILES string of the molecule is C=Cc1c(N)cccc1Nc1nc2ccccc2nc1NSC(=C/C(C)C)/C=C(\CC)[N+](=O)[O-]. The first kappa shape index (κ1) is 24.8. The second kappa shape index (κ2) is 11.3. The smallest absolute Gasteiger partial charge is 0.247 e. The summed E-state index contributed by atoms with van der Waals surface area (Å²) >= 11 is 1.25. The lowest BCUT2D eigenvalue weighted by molar-refractivity contribution is -0.427. The van der Waals surface area contributed by atoms with E-state index in [4.69, 9.17) is 15.7 Å². The Bertz CT molecular complexity index is 1270. The van der Waals surface area contributed by atoms with Gasteiger partial charge in [0.1, 0.15) is 0 Å². The van der Waals surface area contributed by atoms with Gasteiger partial charge in [-0.25, -0.2) is 9.97 Å². The van der Waals surface area contributed by atoms with Crippen molar-refractivity contribution in [2.75, 3.05) is 15.8 Å². The Balaban J connectivity index is 2.01. The molecule has 34 heavy (non-hydrogen) atoms. The summed E-state index contributed by atoms with van der Waals surface area (Å²) in [6.45, 7) is 9.66. The molecule has 0 saturated heterocycles. The maximum absolute atomic E-state index is 11.3. The van der Waals surface area contributed by atoms with Crippen molar-refractivity contribution < 1.29 is 4.92 Å². The monoisotopic (exact) mass is 476 g/mol. The lowest BCUT2D eigenvalue weighted by atomic mass is 10.1. The van der Waals surface area contributed by atoms with Crippen LogP contribution in [-0.4, -0.2) is 14.9 Å². The molecule has 0 saturated carbocycles. The largest absolute Gasteiger partial charge is 0.398 e. The van der Waals surface area contributed by atoms with E-state index < -0.39 is 0 Å². The number of allylic oxidation sites excluding steroid dienone is 3. The highest BCUT2D eigenvalue weighted by Crippen LogP contribution is 2.32. The van der Waals surface area contributed by atoms with Crippen LogP contribution in [0.15, 0.2) is 71.8 Å². The summed E-state index contributed by atoms with van der Waals surface area (Å²) in [6.07, 6.45) is 5.57. The van der Waals surface area contributed by atoms with Crippen molar-refractivity contribution >= 4 is 52.1 Å². The maximum atomic E-state index is 11.3. The van der Waals surface area contributed by atoms with E-state index >= 15 is 0 Å². The molecule has 2 aromatic carbocycles. The Morgan fingerprint density at radius 2 is 1.85 bits per heavy atom. The van der Waals surface area contributed by atoms with Crippen molar-refractivity contribution in [3.8, 4) is 0 Å². The highest BCUT2D eigenvalue weighted by molar-refractivity contribution is 8.04. The van der Waals surface area contributed by atoms with Gasteiger partial charge in [-0.1, -0.05) is 57.7 Å². The number of anilines is 4. The number of nitrogens with zero attached hydrogens (tertiary/aromatic N) is 3. The van der Waals surface area contributed by atoms with Crippen molar-refractivity contribution in [1.82, 2.24) is 9.97 Å². The molecule has 1 aromatic heterocycles. The number of hydrogen-bond donors (Lipinski definition) is 3. The third-order valence-corrected chi connectivity index (χ3v) is 5.62. The van der Waals surface area contributed by atoms with E-state index in [0.717, 1.165) is 27.2 Å². The van der Waals surface area contributed by atoms with E-state index in [1.807, 2.05) is 56.3 Å². The average molecular weight is 477 g/mol. The number of fused-ring (bicyclic) bond motifs is 1. The minimum absolute atomic E-state index is 0.138. The molecule has 0 atom stereocenters. The third kappa shape index (κ3) is 6.14. The van der Waals surface area contributed by atoms with Crippen LogP contribution in [-0.2, 0) is 0 Å². The number of rotatable bonds is 10. The van der Waals surface area contributed by atoms with Gasteiger partial charge in [-0.3, -0.25) is 10.1 Å². The van der Waals surface area contributed by atoms with Gasteiger partial charge in [-0.15, -0.1) is 0 Å². The number of para-hydroxylation sites is 2. The quantitative estimate of drug-likeness (QED) is 0.0964. The van der Waals surface area contributed by atoms with Crippen LogP contribution in [0.25, 0.3) is 17.1 Å². The summed E-state index contributed by atoms with van der Waals surface area (Å²) in [5.74, 6) is 1.19. The number of benzene rings is 2. The number of nitrogens with one attached hydrogen (secondary N) is 2. The summed E-state index contributed by atoms with van der Waals surface area (Å²) in [5.41, 5.74) is 9.79. The molecule has 3 rings (SSSR count). The van der Waals surface area contributed by atoms with Crippen LogP contribution < -0.4 is 15.8 Å². The molecular formula is C25H28N6O2S. The molecule has 9 heteroatoms. The number of aromatic nitrogens is 2. The van der Waals surface area contributed by atoms with Crippen LogP contribution in [0.3, 0.4) is 0 Å². The molecule has 0 aliphatic rings. The fraction of sp³-hybridized carbons (Fsp3) is 0.200. The Labute approximate surface area is 203 Å². The summed E-state index contributed by atoms with van der Waals surface area (Å²) in [6, 6.07) is 13.1. The lowest BCUT2D eigenvalue weighted by Gasteiger charge is -2.15. The number of nitrogen functional groups attached to an aromatic ring is 1. The minimum atomic E-state index is -0.353. The van der Waals surface area contributed by atoms with Crippen molar-refractivity contribution in [2.45, 2.75) is 27.2 Å². The van der Waals surface area contributed by atoms with Crippen LogP contribution >= 0.6 is 11.9 Å². The van der Waals surface area contributed by atoms with Crippen molar-refractivity contribution in [2.24, 2.45) is 5.92 Å². The Kier molecular flexibility index (Phi) is 8.26. The molecule has 0 aliphatic heterocycles. The second-order valence-corrected chi connectivity index (χ2v) is 8.69. The topological polar surface area (TPSA) is 119 Å².